The third-order valence-electron chi connectivity index (χ3n) is 9.01. The molecule has 1 unspecified atom stereocenters. The van der Waals surface area contributed by atoms with Gasteiger partial charge in [-0.15, -0.1) is 0 Å². The van der Waals surface area contributed by atoms with E-state index < -0.39 is 18.0 Å². The van der Waals surface area contributed by atoms with Gasteiger partial charge in [0.05, 0.1) is 0 Å². The molecule has 1 aliphatic rings. The quantitative estimate of drug-likeness (QED) is 0.147. The van der Waals surface area contributed by atoms with E-state index in [1.54, 1.807) is 0 Å². The second-order valence-electron chi connectivity index (χ2n) is 13.4. The monoisotopic (exact) mass is 559 g/mol. The van der Waals surface area contributed by atoms with Crippen molar-refractivity contribution in [1.29, 1.82) is 0 Å². The summed E-state index contributed by atoms with van der Waals surface area (Å²) in [5.74, 6) is 2.29. The van der Waals surface area contributed by atoms with Gasteiger partial charge < -0.3 is 20.3 Å². The van der Waals surface area contributed by atoms with Crippen LogP contribution in [0.3, 0.4) is 0 Å². The molecule has 1 aromatic carbocycles. The molecule has 0 amide bonds. The van der Waals surface area contributed by atoms with Gasteiger partial charge in [-0.25, -0.2) is 4.79 Å². The number of aliphatic carboxylic acids is 1. The van der Waals surface area contributed by atoms with Crippen molar-refractivity contribution < 1.29 is 24.2 Å². The van der Waals surface area contributed by atoms with Crippen molar-refractivity contribution in [2.45, 2.75) is 151 Å². The first-order chi connectivity index (χ1) is 18.7. The summed E-state index contributed by atoms with van der Waals surface area (Å²) < 4.78 is 12.4. The van der Waals surface area contributed by atoms with E-state index in [2.05, 4.69) is 34.6 Å². The molecule has 0 saturated carbocycles. The van der Waals surface area contributed by atoms with Crippen molar-refractivity contribution in [3.8, 4) is 11.5 Å². The van der Waals surface area contributed by atoms with Crippen LogP contribution in [0.25, 0.3) is 0 Å². The van der Waals surface area contributed by atoms with Crippen molar-refractivity contribution in [1.82, 2.24) is 0 Å². The lowest BCUT2D eigenvalue weighted by molar-refractivity contribution is -0.138. The highest BCUT2D eigenvalue weighted by molar-refractivity contribution is 5.80. The van der Waals surface area contributed by atoms with Crippen LogP contribution in [-0.2, 0) is 16.0 Å². The molecule has 228 valence electrons. The average molecular weight is 560 g/mol. The molecule has 1 aliphatic heterocycles. The number of fused-ring (bicyclic) bond motifs is 1. The zero-order chi connectivity index (χ0) is 30.0. The molecule has 0 aromatic heterocycles. The lowest BCUT2D eigenvalue weighted by Crippen LogP contribution is -2.37. The van der Waals surface area contributed by atoms with Crippen molar-refractivity contribution in [2.75, 3.05) is 0 Å². The molecule has 0 fully saturated rings. The number of nitrogens with two attached hydrogens (primary N) is 1. The molecule has 4 atom stereocenters. The first-order valence-electron chi connectivity index (χ1n) is 15.7. The van der Waals surface area contributed by atoms with Crippen molar-refractivity contribution >= 4 is 11.9 Å². The van der Waals surface area contributed by atoms with Crippen LogP contribution < -0.4 is 15.2 Å². The summed E-state index contributed by atoms with van der Waals surface area (Å²) in [4.78, 5) is 23.4. The number of hydrogen-bond acceptors (Lipinski definition) is 5. The van der Waals surface area contributed by atoms with E-state index in [-0.39, 0.29) is 18.4 Å². The van der Waals surface area contributed by atoms with Crippen molar-refractivity contribution in [2.24, 2.45) is 23.5 Å². The number of ether oxygens (including phenoxy) is 2. The Balaban J connectivity index is 1.90. The molecule has 40 heavy (non-hydrogen) atoms. The average Bonchev–Trinajstić information content (AvgIpc) is 2.87. The standard InChI is InChI=1S/C34H57NO5/c1-22(2)12-9-13-23(3)14-10-15-24(4)16-11-20-34(8)21-19-28-27(7)31(25(5)26(6)32(28)40-34)39-33(38)29(35)17-18-30(36)37/h22-24,29H,9-21,35H2,1-8H3,(H,36,37)/t23-,24-,29?,34-/m1/s1. The number of carboxylic acid groups (broad SMARTS) is 1. The van der Waals surface area contributed by atoms with Gasteiger partial charge >= 0.3 is 11.9 Å². The maximum atomic E-state index is 12.6. The van der Waals surface area contributed by atoms with E-state index in [9.17, 15) is 9.59 Å². The van der Waals surface area contributed by atoms with E-state index in [1.807, 2.05) is 20.8 Å². The lowest BCUT2D eigenvalue weighted by atomic mass is 9.83. The Hall–Kier alpha value is -2.08. The molecule has 6 nitrogen and oxygen atoms in total. The van der Waals surface area contributed by atoms with Crippen LogP contribution in [-0.4, -0.2) is 28.7 Å². The topological polar surface area (TPSA) is 98.9 Å². The van der Waals surface area contributed by atoms with Gasteiger partial charge in [-0.3, -0.25) is 4.79 Å². The SMILES string of the molecule is Cc1c(C)c2c(c(C)c1OC(=O)C(N)CCC(=O)O)CC[C@@](C)(CCC[C@H](C)CCC[C@H](C)CCCC(C)C)O2. The molecule has 0 radical (unpaired) electrons. The number of esters is 1. The molecule has 0 saturated heterocycles. The van der Waals surface area contributed by atoms with Gasteiger partial charge in [0.25, 0.3) is 0 Å². The highest BCUT2D eigenvalue weighted by Crippen LogP contribution is 2.45. The molecule has 3 N–H and O–H groups in total. The Kier molecular flexibility index (Phi) is 13.5. The highest BCUT2D eigenvalue weighted by Gasteiger charge is 2.35. The third-order valence-corrected chi connectivity index (χ3v) is 9.01. The zero-order valence-corrected chi connectivity index (χ0v) is 26.7. The van der Waals surface area contributed by atoms with Crippen LogP contribution in [0.5, 0.6) is 11.5 Å². The van der Waals surface area contributed by atoms with Gasteiger partial charge in [0.15, 0.2) is 0 Å². The fourth-order valence-corrected chi connectivity index (χ4v) is 5.99. The Morgan fingerprint density at radius 1 is 0.900 bits per heavy atom. The molecule has 0 aliphatic carbocycles. The first-order valence-corrected chi connectivity index (χ1v) is 15.7. The molecular weight excluding hydrogens is 502 g/mol. The predicted octanol–water partition coefficient (Wildman–Crippen LogP) is 8.23. The highest BCUT2D eigenvalue weighted by atomic mass is 16.5. The third kappa shape index (κ3) is 10.4. The van der Waals surface area contributed by atoms with Crippen LogP contribution in [0, 0.1) is 38.5 Å². The number of benzene rings is 1. The first kappa shape index (κ1) is 34.1. The maximum Gasteiger partial charge on any atom is 0.328 e. The minimum Gasteiger partial charge on any atom is -0.487 e. The van der Waals surface area contributed by atoms with E-state index >= 15 is 0 Å². The van der Waals surface area contributed by atoms with Crippen molar-refractivity contribution in [3.05, 3.63) is 22.3 Å². The van der Waals surface area contributed by atoms with E-state index in [0.29, 0.717) is 5.75 Å². The molecule has 0 spiro atoms. The molecule has 1 heterocycles. The molecule has 6 heteroatoms. The number of carboxylic acids is 1. The summed E-state index contributed by atoms with van der Waals surface area (Å²) >= 11 is 0. The van der Waals surface area contributed by atoms with Crippen LogP contribution in [0.15, 0.2) is 0 Å². The second kappa shape index (κ2) is 15.8. The Bertz CT molecular complexity index is 987. The number of hydrogen-bond donors (Lipinski definition) is 2. The van der Waals surface area contributed by atoms with Gasteiger partial charge in [0.1, 0.15) is 23.1 Å². The fourth-order valence-electron chi connectivity index (χ4n) is 5.99. The largest absolute Gasteiger partial charge is 0.487 e. The van der Waals surface area contributed by atoms with E-state index in [4.69, 9.17) is 20.3 Å². The van der Waals surface area contributed by atoms with E-state index in [0.717, 1.165) is 71.4 Å². The summed E-state index contributed by atoms with van der Waals surface area (Å²) in [6.07, 6.45) is 13.2. The second-order valence-corrected chi connectivity index (χ2v) is 13.4. The van der Waals surface area contributed by atoms with Crippen molar-refractivity contribution in [3.63, 3.8) is 0 Å². The summed E-state index contributed by atoms with van der Waals surface area (Å²) in [7, 11) is 0. The summed E-state index contributed by atoms with van der Waals surface area (Å²) in [5.41, 5.74) is 9.56. The van der Waals surface area contributed by atoms with Gasteiger partial charge in [-0.05, 0) is 94.2 Å². The summed E-state index contributed by atoms with van der Waals surface area (Å²) in [6.45, 7) is 17.6. The van der Waals surface area contributed by atoms with Crippen LogP contribution in [0.1, 0.15) is 134 Å². The van der Waals surface area contributed by atoms with Gasteiger partial charge in [0.2, 0.25) is 0 Å². The van der Waals surface area contributed by atoms with Gasteiger partial charge in [0, 0.05) is 12.0 Å². The summed E-state index contributed by atoms with van der Waals surface area (Å²) in [6, 6.07) is -0.966. The minimum absolute atomic E-state index is 0.0494. The number of rotatable bonds is 17. The van der Waals surface area contributed by atoms with Gasteiger partial charge in [-0.1, -0.05) is 72.6 Å². The predicted molar refractivity (Wildman–Crippen MR) is 163 cm³/mol. The number of carbonyl (C=O) groups is 2. The smallest absolute Gasteiger partial charge is 0.328 e. The number of carbonyl (C=O) groups excluding carboxylic acids is 1. The van der Waals surface area contributed by atoms with Gasteiger partial charge in [-0.2, -0.15) is 0 Å². The van der Waals surface area contributed by atoms with E-state index in [1.165, 1.54) is 44.9 Å². The maximum absolute atomic E-state index is 12.6. The van der Waals surface area contributed by atoms with Crippen LogP contribution in [0.4, 0.5) is 0 Å². The molecule has 1 aromatic rings. The van der Waals surface area contributed by atoms with Crippen LogP contribution in [0.2, 0.25) is 0 Å². The molecule has 2 rings (SSSR count). The lowest BCUT2D eigenvalue weighted by Gasteiger charge is -2.38. The zero-order valence-electron chi connectivity index (χ0n) is 26.7. The Morgan fingerprint density at radius 3 is 2.05 bits per heavy atom. The molecule has 0 bridgehead atoms. The Labute approximate surface area is 243 Å². The molecular formula is C34H57NO5. The summed E-state index contributed by atoms with van der Waals surface area (Å²) in [5, 5.41) is 8.88. The minimum atomic E-state index is -0.979. The normalized spacial score (nSPS) is 19.1. The van der Waals surface area contributed by atoms with Crippen LogP contribution >= 0.6 is 0 Å². The fraction of sp³-hybridized carbons (Fsp3) is 0.765. The Morgan fingerprint density at radius 2 is 1.48 bits per heavy atom.